The van der Waals surface area contributed by atoms with Crippen molar-refractivity contribution >= 4 is 23.9 Å². The Morgan fingerprint density at radius 3 is 0.653 bits per heavy atom. The minimum absolute atomic E-state index is 0. The van der Waals surface area contributed by atoms with E-state index in [4.69, 9.17) is 0 Å². The van der Waals surface area contributed by atoms with Gasteiger partial charge in [-0.25, -0.2) is 0 Å². The zero-order valence-corrected chi connectivity index (χ0v) is 37.1. The van der Waals surface area contributed by atoms with E-state index < -0.39 is 22.4 Å². The SMILES string of the molecule is CCC1CCCCCCC1(C)[O-].CCC1CCCCCCC1(C)[O-].CCC1CCCCCCC1(C)[O-].CCC1CCCCCCC1(C)[O-].[Sn+4]. The van der Waals surface area contributed by atoms with Crippen LogP contribution in [0, 0.1) is 23.7 Å². The number of rotatable bonds is 4. The van der Waals surface area contributed by atoms with Crippen molar-refractivity contribution in [2.75, 3.05) is 0 Å². The molecule has 8 unspecified atom stereocenters. The van der Waals surface area contributed by atoms with E-state index in [1.807, 2.05) is 27.7 Å². The Morgan fingerprint density at radius 1 is 0.327 bits per heavy atom. The Labute approximate surface area is 324 Å². The fraction of sp³-hybridized carbons (Fsp3) is 1.00. The number of hydrogen-bond donors (Lipinski definition) is 0. The van der Waals surface area contributed by atoms with Crippen LogP contribution >= 0.6 is 0 Å². The maximum Gasteiger partial charge on any atom is 4.00 e. The molecule has 4 aliphatic rings. The summed E-state index contributed by atoms with van der Waals surface area (Å²) in [5.41, 5.74) is -2.52. The molecule has 0 saturated heterocycles. The van der Waals surface area contributed by atoms with Crippen LogP contribution in [-0.2, 0) is 0 Å². The van der Waals surface area contributed by atoms with Gasteiger partial charge in [0.05, 0.1) is 0 Å². The average Bonchev–Trinajstić information content (AvgIpc) is 3.00. The molecule has 4 saturated carbocycles. The minimum atomic E-state index is -0.630. The first kappa shape index (κ1) is 49.6. The molecule has 0 heterocycles. The molecule has 0 aromatic rings. The van der Waals surface area contributed by atoms with E-state index in [1.165, 1.54) is 77.0 Å². The average molecular weight is 796 g/mol. The Kier molecular flexibility index (Phi) is 26.8. The van der Waals surface area contributed by atoms with E-state index in [0.29, 0.717) is 23.7 Å². The molecule has 0 aromatic heterocycles. The van der Waals surface area contributed by atoms with Crippen molar-refractivity contribution < 1.29 is 20.4 Å². The van der Waals surface area contributed by atoms with Crippen LogP contribution in [0.4, 0.5) is 0 Å². The van der Waals surface area contributed by atoms with Crippen molar-refractivity contribution in [3.05, 3.63) is 0 Å². The molecule has 0 bridgehead atoms. The van der Waals surface area contributed by atoms with E-state index in [1.54, 1.807) is 0 Å². The summed E-state index contributed by atoms with van der Waals surface area (Å²) in [5.74, 6) is 1.71. The first-order chi connectivity index (χ1) is 22.7. The Bertz CT molecular complexity index is 651. The summed E-state index contributed by atoms with van der Waals surface area (Å²) in [6.07, 6.45) is 32.6. The summed E-state index contributed by atoms with van der Waals surface area (Å²) >= 11 is 0. The molecular formula is C44H84O4Sn. The first-order valence-corrected chi connectivity index (χ1v) is 21.5. The van der Waals surface area contributed by atoms with E-state index in [-0.39, 0.29) is 23.9 Å². The van der Waals surface area contributed by atoms with Crippen LogP contribution in [0.15, 0.2) is 0 Å². The fourth-order valence-corrected chi connectivity index (χ4v) is 9.46. The van der Waals surface area contributed by atoms with Gasteiger partial charge >= 0.3 is 23.9 Å². The van der Waals surface area contributed by atoms with Crippen LogP contribution in [0.25, 0.3) is 0 Å². The van der Waals surface area contributed by atoms with Crippen molar-refractivity contribution in [3.8, 4) is 0 Å². The van der Waals surface area contributed by atoms with Crippen molar-refractivity contribution in [1.29, 1.82) is 0 Å². The quantitative estimate of drug-likeness (QED) is 0.265. The van der Waals surface area contributed by atoms with E-state index >= 15 is 0 Å². The molecule has 288 valence electrons. The molecule has 0 aliphatic heterocycles. The molecule has 0 amide bonds. The van der Waals surface area contributed by atoms with E-state index in [0.717, 1.165) is 103 Å². The summed E-state index contributed by atoms with van der Waals surface area (Å²) < 4.78 is 0. The third kappa shape index (κ3) is 20.1. The van der Waals surface area contributed by atoms with Crippen LogP contribution in [0.2, 0.25) is 0 Å². The van der Waals surface area contributed by atoms with Crippen LogP contribution in [0.5, 0.6) is 0 Å². The Morgan fingerprint density at radius 2 is 0.490 bits per heavy atom. The largest absolute Gasteiger partial charge is 4.00 e. The molecule has 0 N–H and O–H groups in total. The summed E-state index contributed by atoms with van der Waals surface area (Å²) in [6.45, 7) is 16.3. The normalized spacial score (nSPS) is 38.0. The maximum atomic E-state index is 12.1. The molecule has 49 heavy (non-hydrogen) atoms. The van der Waals surface area contributed by atoms with Crippen molar-refractivity contribution in [3.63, 3.8) is 0 Å². The second kappa shape index (κ2) is 26.4. The maximum absolute atomic E-state index is 12.1. The van der Waals surface area contributed by atoms with Gasteiger partial charge in [0.15, 0.2) is 0 Å². The van der Waals surface area contributed by atoms with Crippen LogP contribution in [-0.4, -0.2) is 46.3 Å². The smallest absolute Gasteiger partial charge is 0.849 e. The molecular weight excluding hydrogens is 711 g/mol. The van der Waals surface area contributed by atoms with Crippen molar-refractivity contribution in [2.24, 2.45) is 23.7 Å². The molecule has 8 atom stereocenters. The third-order valence-corrected chi connectivity index (χ3v) is 13.3. The molecule has 4 nitrogen and oxygen atoms in total. The van der Waals surface area contributed by atoms with Gasteiger partial charge in [0.1, 0.15) is 0 Å². The van der Waals surface area contributed by atoms with Crippen LogP contribution < -0.4 is 20.4 Å². The molecule has 4 rings (SSSR count). The van der Waals surface area contributed by atoms with Crippen LogP contribution in [0.3, 0.4) is 0 Å². The predicted octanol–water partition coefficient (Wildman–Crippen LogP) is 9.56. The Hall–Kier alpha value is 0.639. The van der Waals surface area contributed by atoms with Gasteiger partial charge in [-0.2, -0.15) is 0 Å². The van der Waals surface area contributed by atoms with Crippen LogP contribution in [0.1, 0.15) is 235 Å². The molecule has 4 fully saturated rings. The van der Waals surface area contributed by atoms with Gasteiger partial charge in [-0.1, -0.05) is 259 Å². The van der Waals surface area contributed by atoms with Gasteiger partial charge in [-0.05, 0) is 0 Å². The molecule has 5 heteroatoms. The second-order valence-corrected chi connectivity index (χ2v) is 17.5. The molecule has 0 spiro atoms. The second-order valence-electron chi connectivity index (χ2n) is 17.5. The summed E-state index contributed by atoms with van der Waals surface area (Å²) in [7, 11) is 0. The van der Waals surface area contributed by atoms with Crippen molar-refractivity contribution in [1.82, 2.24) is 0 Å². The standard InChI is InChI=1S/4C11H21O.Sn/c4*1-3-10-8-6-4-5-7-9-11(10,2)12;/h4*10H,3-9H2,1-2H3;/q4*-1;+4. The summed E-state index contributed by atoms with van der Waals surface area (Å²) in [5, 5.41) is 48.2. The summed E-state index contributed by atoms with van der Waals surface area (Å²) in [6, 6.07) is 0. The van der Waals surface area contributed by atoms with E-state index in [2.05, 4.69) is 27.7 Å². The van der Waals surface area contributed by atoms with Gasteiger partial charge in [0, 0.05) is 0 Å². The zero-order chi connectivity index (χ0) is 36.1. The molecule has 0 aromatic carbocycles. The van der Waals surface area contributed by atoms with Gasteiger partial charge in [-0.3, -0.25) is 0 Å². The topological polar surface area (TPSA) is 92.2 Å². The van der Waals surface area contributed by atoms with E-state index in [9.17, 15) is 20.4 Å². The number of hydrogen-bond acceptors (Lipinski definition) is 4. The predicted molar refractivity (Wildman–Crippen MR) is 205 cm³/mol. The van der Waals surface area contributed by atoms with Gasteiger partial charge in [0.2, 0.25) is 0 Å². The zero-order valence-electron chi connectivity index (χ0n) is 34.2. The van der Waals surface area contributed by atoms with Crippen molar-refractivity contribution in [2.45, 2.75) is 258 Å². The monoisotopic (exact) mass is 797 g/mol. The third-order valence-electron chi connectivity index (χ3n) is 13.3. The molecule has 0 radical (unpaired) electrons. The van der Waals surface area contributed by atoms with Gasteiger partial charge in [0.25, 0.3) is 0 Å². The fourth-order valence-electron chi connectivity index (χ4n) is 9.46. The summed E-state index contributed by atoms with van der Waals surface area (Å²) in [4.78, 5) is 0. The van der Waals surface area contributed by atoms with Gasteiger partial charge in [-0.15, -0.1) is 22.4 Å². The molecule has 4 aliphatic carbocycles. The van der Waals surface area contributed by atoms with Gasteiger partial charge < -0.3 is 20.4 Å². The minimum Gasteiger partial charge on any atom is -0.849 e. The Balaban J connectivity index is 0.000000623. The first-order valence-electron chi connectivity index (χ1n) is 21.5.